The van der Waals surface area contributed by atoms with E-state index in [1.54, 1.807) is 12.2 Å². The fraction of sp³-hybridized carbons (Fsp3) is 0.333. The molecule has 2 heterocycles. The van der Waals surface area contributed by atoms with Crippen molar-refractivity contribution in [1.29, 1.82) is 0 Å². The summed E-state index contributed by atoms with van der Waals surface area (Å²) in [5.41, 5.74) is 0.811. The van der Waals surface area contributed by atoms with Crippen LogP contribution in [0.3, 0.4) is 0 Å². The lowest BCUT2D eigenvalue weighted by atomic mass is 9.69. The Kier molecular flexibility index (Phi) is 2.31. The molecule has 0 spiro atoms. The summed E-state index contributed by atoms with van der Waals surface area (Å²) in [4.78, 5) is 23.9. The Morgan fingerprint density at radius 3 is 2.84 bits per heavy atom. The second-order valence-electron chi connectivity index (χ2n) is 4.79. The molecular weight excluding hydrogens is 250 g/mol. The smallest absolute Gasteiger partial charge is 0.407 e. The summed E-state index contributed by atoms with van der Waals surface area (Å²) in [5.74, 6) is -1.02. The molecule has 1 unspecified atom stereocenters. The van der Waals surface area contributed by atoms with Crippen molar-refractivity contribution in [2.24, 2.45) is 15.6 Å². The molecular formula is C12H11N3O4. The fourth-order valence-corrected chi connectivity index (χ4v) is 2.67. The number of rotatable bonds is 1. The van der Waals surface area contributed by atoms with Gasteiger partial charge in [-0.05, 0) is 18.1 Å². The van der Waals surface area contributed by atoms with Gasteiger partial charge in [-0.25, -0.2) is 4.79 Å². The van der Waals surface area contributed by atoms with Crippen LogP contribution in [-0.4, -0.2) is 40.3 Å². The predicted molar refractivity (Wildman–Crippen MR) is 63.4 cm³/mol. The summed E-state index contributed by atoms with van der Waals surface area (Å²) in [6, 6.07) is 0. The molecule has 0 fully saturated rings. The molecule has 0 aromatic heterocycles. The van der Waals surface area contributed by atoms with Gasteiger partial charge in [0, 0.05) is 18.7 Å². The minimum atomic E-state index is -1.22. The van der Waals surface area contributed by atoms with E-state index in [4.69, 9.17) is 5.11 Å². The lowest BCUT2D eigenvalue weighted by Crippen LogP contribution is -2.50. The summed E-state index contributed by atoms with van der Waals surface area (Å²) in [6.07, 6.45) is 3.98. The number of carboxylic acid groups (broad SMARTS) is 2. The Labute approximate surface area is 108 Å². The number of hydrogen-bond donors (Lipinski definition) is 2. The number of allylic oxidation sites excluding steroid dienone is 2. The third kappa shape index (κ3) is 1.58. The quantitative estimate of drug-likeness (QED) is 0.748. The number of carboxylic acids is 1. The van der Waals surface area contributed by atoms with Crippen molar-refractivity contribution in [3.8, 4) is 0 Å². The molecule has 7 nitrogen and oxygen atoms in total. The monoisotopic (exact) mass is 261 g/mol. The van der Waals surface area contributed by atoms with Crippen molar-refractivity contribution < 1.29 is 19.8 Å². The average Bonchev–Trinajstić information content (AvgIpc) is 2.81. The number of azo groups is 1. The maximum atomic E-state index is 11.7. The molecule has 0 radical (unpaired) electrons. The third-order valence-corrected chi connectivity index (χ3v) is 3.72. The molecule has 3 aliphatic rings. The van der Waals surface area contributed by atoms with Crippen LogP contribution < -0.4 is 0 Å². The molecule has 0 aromatic carbocycles. The zero-order valence-electron chi connectivity index (χ0n) is 9.91. The van der Waals surface area contributed by atoms with E-state index in [2.05, 4.69) is 10.2 Å². The first-order chi connectivity index (χ1) is 9.03. The van der Waals surface area contributed by atoms with Crippen LogP contribution in [0.2, 0.25) is 0 Å². The Hall–Kier alpha value is -2.44. The number of nitrogens with zero attached hydrogens (tertiary/aromatic N) is 3. The first-order valence-corrected chi connectivity index (χ1v) is 5.77. The largest absolute Gasteiger partial charge is 0.481 e. The van der Waals surface area contributed by atoms with Gasteiger partial charge in [-0.3, -0.25) is 4.79 Å². The maximum absolute atomic E-state index is 11.7. The standard InChI is InChI=1S/C12H11N3O4/c16-10(17)12-4-7-5-13-14-9(7)3-8(12)1-2-15(6-12)11(18)19/h1,3,5H,2,4,6H2,(H,16,17)(H,18,19). The van der Waals surface area contributed by atoms with Crippen molar-refractivity contribution in [3.05, 3.63) is 35.2 Å². The Morgan fingerprint density at radius 2 is 2.16 bits per heavy atom. The summed E-state index contributed by atoms with van der Waals surface area (Å²) >= 11 is 0. The number of amides is 1. The van der Waals surface area contributed by atoms with Crippen LogP contribution in [0.1, 0.15) is 6.42 Å². The van der Waals surface area contributed by atoms with E-state index < -0.39 is 17.5 Å². The molecule has 0 saturated carbocycles. The summed E-state index contributed by atoms with van der Waals surface area (Å²) < 4.78 is 0. The highest BCUT2D eigenvalue weighted by Crippen LogP contribution is 2.46. The molecule has 0 aromatic rings. The van der Waals surface area contributed by atoms with Gasteiger partial charge >= 0.3 is 12.1 Å². The Bertz CT molecular complexity index is 602. The van der Waals surface area contributed by atoms with Gasteiger partial charge in [-0.2, -0.15) is 10.2 Å². The van der Waals surface area contributed by atoms with E-state index in [-0.39, 0.29) is 19.5 Å². The van der Waals surface area contributed by atoms with Crippen LogP contribution in [0.15, 0.2) is 45.4 Å². The van der Waals surface area contributed by atoms with E-state index in [0.29, 0.717) is 11.3 Å². The fourth-order valence-electron chi connectivity index (χ4n) is 2.67. The predicted octanol–water partition coefficient (Wildman–Crippen LogP) is 1.61. The highest BCUT2D eigenvalue weighted by molar-refractivity contribution is 5.83. The van der Waals surface area contributed by atoms with Crippen molar-refractivity contribution in [3.63, 3.8) is 0 Å². The van der Waals surface area contributed by atoms with Crippen molar-refractivity contribution in [2.75, 3.05) is 13.1 Å². The van der Waals surface area contributed by atoms with Crippen molar-refractivity contribution in [2.45, 2.75) is 6.42 Å². The minimum absolute atomic E-state index is 0.0510. The van der Waals surface area contributed by atoms with E-state index in [9.17, 15) is 14.7 Å². The highest BCUT2D eigenvalue weighted by Gasteiger charge is 2.49. The zero-order chi connectivity index (χ0) is 13.6. The average molecular weight is 261 g/mol. The molecule has 2 aliphatic heterocycles. The van der Waals surface area contributed by atoms with Gasteiger partial charge in [-0.1, -0.05) is 6.08 Å². The van der Waals surface area contributed by atoms with Gasteiger partial charge in [0.1, 0.15) is 5.41 Å². The Balaban J connectivity index is 2.09. The lowest BCUT2D eigenvalue weighted by molar-refractivity contribution is -0.147. The number of aliphatic carboxylic acids is 1. The van der Waals surface area contributed by atoms with Crippen LogP contribution >= 0.6 is 0 Å². The molecule has 1 aliphatic carbocycles. The van der Waals surface area contributed by atoms with Gasteiger partial charge in [0.25, 0.3) is 0 Å². The zero-order valence-corrected chi connectivity index (χ0v) is 9.91. The molecule has 2 N–H and O–H groups in total. The van der Waals surface area contributed by atoms with Crippen LogP contribution in [0, 0.1) is 5.41 Å². The van der Waals surface area contributed by atoms with E-state index in [1.165, 1.54) is 6.20 Å². The van der Waals surface area contributed by atoms with E-state index in [0.717, 1.165) is 10.5 Å². The van der Waals surface area contributed by atoms with Crippen LogP contribution in [-0.2, 0) is 4.79 Å². The number of fused-ring (bicyclic) bond motifs is 2. The van der Waals surface area contributed by atoms with E-state index in [1.807, 2.05) is 0 Å². The van der Waals surface area contributed by atoms with Crippen LogP contribution in [0.4, 0.5) is 4.79 Å². The summed E-state index contributed by atoms with van der Waals surface area (Å²) in [6.45, 7) is 0.143. The molecule has 1 atom stereocenters. The molecule has 7 heteroatoms. The first-order valence-electron chi connectivity index (χ1n) is 5.77. The molecule has 19 heavy (non-hydrogen) atoms. The van der Waals surface area contributed by atoms with Gasteiger partial charge in [0.05, 0.1) is 11.9 Å². The summed E-state index contributed by atoms with van der Waals surface area (Å²) in [7, 11) is 0. The van der Waals surface area contributed by atoms with Gasteiger partial charge in [-0.15, -0.1) is 0 Å². The van der Waals surface area contributed by atoms with Crippen LogP contribution in [0.5, 0.6) is 0 Å². The lowest BCUT2D eigenvalue weighted by Gasteiger charge is -2.40. The molecule has 1 amide bonds. The second kappa shape index (κ2) is 3.78. The SMILES string of the molecule is O=C(O)N1CC=C2C=C3N=NC=C3CC2(C(=O)O)C1. The van der Waals surface area contributed by atoms with E-state index >= 15 is 0 Å². The van der Waals surface area contributed by atoms with Crippen molar-refractivity contribution in [1.82, 2.24) is 4.90 Å². The number of carbonyl (C=O) groups is 2. The van der Waals surface area contributed by atoms with Crippen molar-refractivity contribution >= 4 is 12.1 Å². The van der Waals surface area contributed by atoms with Gasteiger partial charge in [0.2, 0.25) is 0 Å². The second-order valence-corrected chi connectivity index (χ2v) is 4.79. The molecule has 0 bridgehead atoms. The minimum Gasteiger partial charge on any atom is -0.481 e. The molecule has 0 saturated heterocycles. The van der Waals surface area contributed by atoms with Gasteiger partial charge < -0.3 is 15.1 Å². The maximum Gasteiger partial charge on any atom is 0.407 e. The molecule has 3 rings (SSSR count). The molecule has 98 valence electrons. The Morgan fingerprint density at radius 1 is 1.37 bits per heavy atom. The topological polar surface area (TPSA) is 103 Å². The normalized spacial score (nSPS) is 28.0. The summed E-state index contributed by atoms with van der Waals surface area (Å²) in [5, 5.41) is 26.3. The third-order valence-electron chi connectivity index (χ3n) is 3.72. The first kappa shape index (κ1) is 11.6. The van der Waals surface area contributed by atoms with Gasteiger partial charge in [0.15, 0.2) is 0 Å². The highest BCUT2D eigenvalue weighted by atomic mass is 16.4. The van der Waals surface area contributed by atoms with Crippen LogP contribution in [0.25, 0.3) is 0 Å². The number of hydrogen-bond acceptors (Lipinski definition) is 4.